The van der Waals surface area contributed by atoms with Crippen molar-refractivity contribution in [3.8, 4) is 5.75 Å². The van der Waals surface area contributed by atoms with Crippen LogP contribution < -0.4 is 10.5 Å². The van der Waals surface area contributed by atoms with Gasteiger partial charge in [0.05, 0.1) is 17.3 Å². The standard InChI is InChI=1S/C17H24N2OS/c1-12-6-5-7-13(10-12)20-9-8-15-19-16(17(2,3)4)14(11-18)21-15/h5-7,10H,8-9,11,18H2,1-4H3. The van der Waals surface area contributed by atoms with Gasteiger partial charge in [0, 0.05) is 23.3 Å². The second kappa shape index (κ2) is 6.58. The first kappa shape index (κ1) is 16.0. The van der Waals surface area contributed by atoms with E-state index in [4.69, 9.17) is 15.5 Å². The van der Waals surface area contributed by atoms with Gasteiger partial charge in [-0.2, -0.15) is 0 Å². The smallest absolute Gasteiger partial charge is 0.119 e. The molecule has 114 valence electrons. The number of rotatable bonds is 5. The third-order valence-corrected chi connectivity index (χ3v) is 4.35. The second-order valence-corrected chi connectivity index (χ2v) is 7.42. The van der Waals surface area contributed by atoms with Gasteiger partial charge in [-0.3, -0.25) is 0 Å². The maximum absolute atomic E-state index is 5.84. The van der Waals surface area contributed by atoms with Crippen LogP contribution in [0.2, 0.25) is 0 Å². The van der Waals surface area contributed by atoms with Crippen LogP contribution in [0.3, 0.4) is 0 Å². The Bertz CT molecular complexity index is 599. The fourth-order valence-corrected chi connectivity index (χ4v) is 3.33. The van der Waals surface area contributed by atoms with Gasteiger partial charge in [0.2, 0.25) is 0 Å². The van der Waals surface area contributed by atoms with Gasteiger partial charge in [0.25, 0.3) is 0 Å². The van der Waals surface area contributed by atoms with Gasteiger partial charge in [-0.25, -0.2) is 4.98 Å². The highest BCUT2D eigenvalue weighted by atomic mass is 32.1. The molecule has 0 unspecified atom stereocenters. The molecule has 1 heterocycles. The first-order chi connectivity index (χ1) is 9.90. The minimum atomic E-state index is 0.0425. The van der Waals surface area contributed by atoms with Crippen molar-refractivity contribution in [2.45, 2.75) is 46.1 Å². The van der Waals surface area contributed by atoms with Crippen LogP contribution in [0.1, 0.15) is 41.9 Å². The van der Waals surface area contributed by atoms with Crippen molar-refractivity contribution in [2.24, 2.45) is 5.73 Å². The Morgan fingerprint density at radius 2 is 2.05 bits per heavy atom. The highest BCUT2D eigenvalue weighted by Gasteiger charge is 2.22. The highest BCUT2D eigenvalue weighted by molar-refractivity contribution is 7.11. The van der Waals surface area contributed by atoms with Crippen molar-refractivity contribution < 1.29 is 4.74 Å². The lowest BCUT2D eigenvalue weighted by molar-refractivity contribution is 0.321. The molecule has 0 amide bonds. The summed E-state index contributed by atoms with van der Waals surface area (Å²) < 4.78 is 5.79. The molecule has 4 heteroatoms. The molecule has 0 fully saturated rings. The zero-order chi connectivity index (χ0) is 15.5. The molecule has 0 spiro atoms. The molecule has 0 atom stereocenters. The minimum absolute atomic E-state index is 0.0425. The molecule has 2 rings (SSSR count). The molecular weight excluding hydrogens is 280 g/mol. The molecule has 0 bridgehead atoms. The van der Waals surface area contributed by atoms with Crippen molar-refractivity contribution in [1.29, 1.82) is 0 Å². The van der Waals surface area contributed by atoms with E-state index < -0.39 is 0 Å². The van der Waals surface area contributed by atoms with E-state index in [2.05, 4.69) is 33.8 Å². The Morgan fingerprint density at radius 1 is 1.29 bits per heavy atom. The number of aryl methyl sites for hydroxylation is 1. The van der Waals surface area contributed by atoms with E-state index in [-0.39, 0.29) is 5.41 Å². The Hall–Kier alpha value is -1.39. The largest absolute Gasteiger partial charge is 0.493 e. The number of nitrogens with two attached hydrogens (primary N) is 1. The quantitative estimate of drug-likeness (QED) is 0.913. The van der Waals surface area contributed by atoms with Crippen LogP contribution in [-0.2, 0) is 18.4 Å². The van der Waals surface area contributed by atoms with E-state index in [0.717, 1.165) is 22.9 Å². The summed E-state index contributed by atoms with van der Waals surface area (Å²) in [7, 11) is 0. The molecule has 1 aromatic heterocycles. The number of thiazole rings is 1. The number of nitrogens with zero attached hydrogens (tertiary/aromatic N) is 1. The van der Waals surface area contributed by atoms with Gasteiger partial charge < -0.3 is 10.5 Å². The zero-order valence-electron chi connectivity index (χ0n) is 13.3. The van der Waals surface area contributed by atoms with Gasteiger partial charge in [-0.05, 0) is 24.6 Å². The van der Waals surface area contributed by atoms with Gasteiger partial charge >= 0.3 is 0 Å². The molecule has 0 saturated heterocycles. The Balaban J connectivity index is 1.99. The second-order valence-electron chi connectivity index (χ2n) is 6.25. The molecule has 1 aromatic carbocycles. The van der Waals surface area contributed by atoms with Gasteiger partial charge in [-0.1, -0.05) is 32.9 Å². The molecule has 2 aromatic rings. The van der Waals surface area contributed by atoms with E-state index in [1.54, 1.807) is 11.3 Å². The topological polar surface area (TPSA) is 48.1 Å². The fraction of sp³-hybridized carbons (Fsp3) is 0.471. The van der Waals surface area contributed by atoms with Gasteiger partial charge in [0.1, 0.15) is 5.75 Å². The van der Waals surface area contributed by atoms with E-state index in [9.17, 15) is 0 Å². The maximum Gasteiger partial charge on any atom is 0.119 e. The maximum atomic E-state index is 5.84. The van der Waals surface area contributed by atoms with Gasteiger partial charge in [-0.15, -0.1) is 11.3 Å². The lowest BCUT2D eigenvalue weighted by atomic mass is 9.91. The fourth-order valence-electron chi connectivity index (χ4n) is 2.19. The molecule has 3 nitrogen and oxygen atoms in total. The molecule has 2 N–H and O–H groups in total. The van der Waals surface area contributed by atoms with Crippen molar-refractivity contribution in [3.63, 3.8) is 0 Å². The van der Waals surface area contributed by atoms with E-state index in [1.807, 2.05) is 18.2 Å². The lowest BCUT2D eigenvalue weighted by Gasteiger charge is -2.16. The number of hydrogen-bond donors (Lipinski definition) is 1. The third kappa shape index (κ3) is 4.29. The van der Waals surface area contributed by atoms with Crippen LogP contribution in [0, 0.1) is 6.92 Å². The number of ether oxygens (including phenoxy) is 1. The average molecular weight is 304 g/mol. The summed E-state index contributed by atoms with van der Waals surface area (Å²) in [6.07, 6.45) is 0.821. The molecule has 0 aliphatic rings. The van der Waals surface area contributed by atoms with Crippen LogP contribution in [0.25, 0.3) is 0 Å². The number of aromatic nitrogens is 1. The lowest BCUT2D eigenvalue weighted by Crippen LogP contribution is -2.15. The SMILES string of the molecule is Cc1cccc(OCCc2nc(C(C)(C)C)c(CN)s2)c1. The van der Waals surface area contributed by atoms with Crippen LogP contribution in [0.4, 0.5) is 0 Å². The van der Waals surface area contributed by atoms with Crippen LogP contribution in [0.15, 0.2) is 24.3 Å². The Morgan fingerprint density at radius 3 is 2.62 bits per heavy atom. The highest BCUT2D eigenvalue weighted by Crippen LogP contribution is 2.29. The predicted molar refractivity (Wildman–Crippen MR) is 89.1 cm³/mol. The molecule has 0 radical (unpaired) electrons. The summed E-state index contributed by atoms with van der Waals surface area (Å²) in [4.78, 5) is 5.95. The average Bonchev–Trinajstić information content (AvgIpc) is 2.82. The molecule has 0 saturated carbocycles. The molecular formula is C17H24N2OS. The Kier molecular flexibility index (Phi) is 5.01. The predicted octanol–water partition coefficient (Wildman–Crippen LogP) is 3.83. The van der Waals surface area contributed by atoms with Crippen molar-refractivity contribution in [1.82, 2.24) is 4.98 Å². The summed E-state index contributed by atoms with van der Waals surface area (Å²) >= 11 is 1.71. The van der Waals surface area contributed by atoms with Gasteiger partial charge in [0.15, 0.2) is 0 Å². The summed E-state index contributed by atoms with van der Waals surface area (Å²) in [5.41, 5.74) is 8.21. The van der Waals surface area contributed by atoms with E-state index in [1.165, 1.54) is 10.4 Å². The summed E-state index contributed by atoms with van der Waals surface area (Å²) in [5, 5.41) is 1.10. The minimum Gasteiger partial charge on any atom is -0.493 e. The van der Waals surface area contributed by atoms with E-state index >= 15 is 0 Å². The van der Waals surface area contributed by atoms with Crippen molar-refractivity contribution >= 4 is 11.3 Å². The normalized spacial score (nSPS) is 11.7. The van der Waals surface area contributed by atoms with Crippen molar-refractivity contribution in [2.75, 3.05) is 6.61 Å². The van der Waals surface area contributed by atoms with E-state index in [0.29, 0.717) is 13.2 Å². The zero-order valence-corrected chi connectivity index (χ0v) is 14.1. The summed E-state index contributed by atoms with van der Waals surface area (Å²) in [6, 6.07) is 8.11. The monoisotopic (exact) mass is 304 g/mol. The number of hydrogen-bond acceptors (Lipinski definition) is 4. The molecule has 21 heavy (non-hydrogen) atoms. The summed E-state index contributed by atoms with van der Waals surface area (Å²) in [5.74, 6) is 0.918. The first-order valence-corrected chi connectivity index (χ1v) is 8.10. The number of benzene rings is 1. The van der Waals surface area contributed by atoms with Crippen LogP contribution in [0.5, 0.6) is 5.75 Å². The van der Waals surface area contributed by atoms with Crippen molar-refractivity contribution in [3.05, 3.63) is 45.4 Å². The molecule has 0 aliphatic carbocycles. The Labute approximate surface area is 131 Å². The van der Waals surface area contributed by atoms with Crippen LogP contribution >= 0.6 is 11.3 Å². The summed E-state index contributed by atoms with van der Waals surface area (Å²) in [6.45, 7) is 9.79. The molecule has 0 aliphatic heterocycles. The first-order valence-electron chi connectivity index (χ1n) is 7.28. The van der Waals surface area contributed by atoms with Crippen LogP contribution in [-0.4, -0.2) is 11.6 Å². The third-order valence-electron chi connectivity index (χ3n) is 3.21.